The molecule has 0 aromatic carbocycles. The van der Waals surface area contributed by atoms with E-state index in [4.69, 9.17) is 10.5 Å². The van der Waals surface area contributed by atoms with Crippen LogP contribution in [-0.4, -0.2) is 11.6 Å². The lowest BCUT2D eigenvalue weighted by atomic mass is 10.2. The molecular formula is C11H18ClNO2S. The van der Waals surface area contributed by atoms with E-state index in [2.05, 4.69) is 0 Å². The number of hydrogen-bond acceptors (Lipinski definition) is 4. The highest BCUT2D eigenvalue weighted by molar-refractivity contribution is 7.14. The number of carbonyl (C=O) groups is 1. The van der Waals surface area contributed by atoms with Crippen molar-refractivity contribution in [3.8, 4) is 0 Å². The highest BCUT2D eigenvalue weighted by Crippen LogP contribution is 2.23. The van der Waals surface area contributed by atoms with Crippen LogP contribution >= 0.6 is 23.7 Å². The van der Waals surface area contributed by atoms with Crippen molar-refractivity contribution in [2.45, 2.75) is 39.3 Å². The van der Waals surface area contributed by atoms with Crippen LogP contribution in [0.15, 0.2) is 12.1 Å². The minimum atomic E-state index is -0.449. The minimum Gasteiger partial charge on any atom is -0.456 e. The summed E-state index contributed by atoms with van der Waals surface area (Å²) in [6.07, 6.45) is 0. The van der Waals surface area contributed by atoms with Crippen LogP contribution in [0.5, 0.6) is 0 Å². The van der Waals surface area contributed by atoms with Gasteiger partial charge >= 0.3 is 5.97 Å². The summed E-state index contributed by atoms with van der Waals surface area (Å²) < 4.78 is 5.25. The van der Waals surface area contributed by atoms with Gasteiger partial charge in [0.05, 0.1) is 0 Å². The number of ether oxygens (including phenoxy) is 1. The first-order valence-electron chi connectivity index (χ1n) is 4.88. The molecule has 5 heteroatoms. The van der Waals surface area contributed by atoms with Crippen molar-refractivity contribution < 1.29 is 9.53 Å². The Hall–Kier alpha value is -0.580. The molecule has 1 atom stereocenters. The smallest absolute Gasteiger partial charge is 0.348 e. The predicted molar refractivity (Wildman–Crippen MR) is 69.3 cm³/mol. The Kier molecular flexibility index (Phi) is 5.46. The summed E-state index contributed by atoms with van der Waals surface area (Å²) in [6, 6.07) is 3.60. The van der Waals surface area contributed by atoms with Crippen molar-refractivity contribution >= 4 is 29.7 Å². The van der Waals surface area contributed by atoms with Gasteiger partial charge in [0, 0.05) is 10.9 Å². The van der Waals surface area contributed by atoms with Gasteiger partial charge in [-0.15, -0.1) is 23.7 Å². The largest absolute Gasteiger partial charge is 0.456 e. The second-order valence-electron chi connectivity index (χ2n) is 4.49. The van der Waals surface area contributed by atoms with Gasteiger partial charge in [-0.3, -0.25) is 0 Å². The summed E-state index contributed by atoms with van der Waals surface area (Å²) >= 11 is 1.39. The first-order valence-corrected chi connectivity index (χ1v) is 5.70. The second-order valence-corrected chi connectivity index (χ2v) is 5.61. The Balaban J connectivity index is 0.00000225. The monoisotopic (exact) mass is 263 g/mol. The second kappa shape index (κ2) is 5.66. The molecule has 0 saturated carbocycles. The maximum Gasteiger partial charge on any atom is 0.348 e. The zero-order chi connectivity index (χ0) is 11.6. The molecule has 0 bridgehead atoms. The fraction of sp³-hybridized carbons (Fsp3) is 0.545. The van der Waals surface area contributed by atoms with Gasteiger partial charge in [-0.2, -0.15) is 0 Å². The maximum absolute atomic E-state index is 11.6. The zero-order valence-corrected chi connectivity index (χ0v) is 11.6. The molecule has 2 N–H and O–H groups in total. The molecule has 0 aliphatic heterocycles. The van der Waals surface area contributed by atoms with Gasteiger partial charge in [-0.25, -0.2) is 4.79 Å². The van der Waals surface area contributed by atoms with E-state index in [0.717, 1.165) is 4.88 Å². The van der Waals surface area contributed by atoms with Gasteiger partial charge in [0.15, 0.2) is 0 Å². The number of rotatable bonds is 2. The molecule has 0 aliphatic rings. The van der Waals surface area contributed by atoms with Crippen molar-refractivity contribution in [3.05, 3.63) is 21.9 Å². The van der Waals surface area contributed by atoms with Crippen molar-refractivity contribution in [1.29, 1.82) is 0 Å². The fourth-order valence-corrected chi connectivity index (χ4v) is 1.87. The number of nitrogens with two attached hydrogens (primary N) is 1. The van der Waals surface area contributed by atoms with Crippen molar-refractivity contribution in [3.63, 3.8) is 0 Å². The number of halogens is 1. The van der Waals surface area contributed by atoms with E-state index in [1.54, 1.807) is 6.07 Å². The lowest BCUT2D eigenvalue weighted by Crippen LogP contribution is -2.23. The quantitative estimate of drug-likeness (QED) is 0.834. The molecule has 92 valence electrons. The van der Waals surface area contributed by atoms with E-state index in [1.807, 2.05) is 33.8 Å². The molecule has 1 rings (SSSR count). The van der Waals surface area contributed by atoms with E-state index in [0.29, 0.717) is 4.88 Å². The van der Waals surface area contributed by atoms with Gasteiger partial charge in [-0.1, -0.05) is 0 Å². The summed E-state index contributed by atoms with van der Waals surface area (Å²) in [6.45, 7) is 7.45. The first kappa shape index (κ1) is 15.4. The Bertz CT molecular complexity index is 355. The summed E-state index contributed by atoms with van der Waals surface area (Å²) in [5, 5.41) is 0. The molecule has 1 heterocycles. The molecule has 0 fully saturated rings. The standard InChI is InChI=1S/C11H17NO2S.ClH/c1-7(12)8-5-6-9(15-8)10(13)14-11(2,3)4;/h5-7H,12H2,1-4H3;1H. The lowest BCUT2D eigenvalue weighted by molar-refractivity contribution is 0.00752. The van der Waals surface area contributed by atoms with Crippen LogP contribution in [0.3, 0.4) is 0 Å². The highest BCUT2D eigenvalue weighted by atomic mass is 35.5. The van der Waals surface area contributed by atoms with Crippen LogP contribution in [0, 0.1) is 0 Å². The number of carbonyl (C=O) groups excluding carboxylic acids is 1. The molecule has 1 unspecified atom stereocenters. The Morgan fingerprint density at radius 2 is 2.00 bits per heavy atom. The molecule has 3 nitrogen and oxygen atoms in total. The average molecular weight is 264 g/mol. The SMILES string of the molecule is CC(N)c1ccc(C(=O)OC(C)(C)C)s1.Cl. The first-order chi connectivity index (χ1) is 6.79. The molecule has 0 amide bonds. The third-order valence-corrected chi connectivity index (χ3v) is 2.94. The Morgan fingerprint density at radius 3 is 2.38 bits per heavy atom. The average Bonchev–Trinajstić information content (AvgIpc) is 2.47. The normalized spacial score (nSPS) is 12.8. The number of esters is 1. The van der Waals surface area contributed by atoms with Crippen LogP contribution < -0.4 is 5.73 Å². The summed E-state index contributed by atoms with van der Waals surface area (Å²) in [4.78, 5) is 13.2. The van der Waals surface area contributed by atoms with Crippen LogP contribution in [0.4, 0.5) is 0 Å². The molecule has 0 radical (unpaired) electrons. The molecule has 1 aromatic heterocycles. The molecule has 0 spiro atoms. The topological polar surface area (TPSA) is 52.3 Å². The molecule has 0 saturated heterocycles. The summed E-state index contributed by atoms with van der Waals surface area (Å²) in [5.41, 5.74) is 5.26. The van der Waals surface area contributed by atoms with Crippen LogP contribution in [0.1, 0.15) is 48.3 Å². The molecule has 0 aliphatic carbocycles. The predicted octanol–water partition coefficient (Wildman–Crippen LogP) is 3.14. The van der Waals surface area contributed by atoms with Gasteiger partial charge < -0.3 is 10.5 Å². The van der Waals surface area contributed by atoms with E-state index >= 15 is 0 Å². The van der Waals surface area contributed by atoms with E-state index in [-0.39, 0.29) is 24.4 Å². The van der Waals surface area contributed by atoms with Crippen molar-refractivity contribution in [2.24, 2.45) is 5.73 Å². The zero-order valence-electron chi connectivity index (χ0n) is 9.94. The Labute approximate surface area is 106 Å². The van der Waals surface area contributed by atoms with E-state index < -0.39 is 5.60 Å². The summed E-state index contributed by atoms with van der Waals surface area (Å²) in [5.74, 6) is -0.278. The van der Waals surface area contributed by atoms with Crippen molar-refractivity contribution in [2.75, 3.05) is 0 Å². The fourth-order valence-electron chi connectivity index (χ4n) is 1.04. The van der Waals surface area contributed by atoms with Gasteiger partial charge in [0.2, 0.25) is 0 Å². The third kappa shape index (κ3) is 4.51. The van der Waals surface area contributed by atoms with Gasteiger partial charge in [0.1, 0.15) is 10.5 Å². The van der Waals surface area contributed by atoms with Crippen LogP contribution in [0.2, 0.25) is 0 Å². The number of thiophene rings is 1. The Morgan fingerprint density at radius 1 is 1.44 bits per heavy atom. The van der Waals surface area contributed by atoms with Crippen LogP contribution in [0.25, 0.3) is 0 Å². The lowest BCUT2D eigenvalue weighted by Gasteiger charge is -2.18. The van der Waals surface area contributed by atoms with Crippen molar-refractivity contribution in [1.82, 2.24) is 0 Å². The molecule has 16 heavy (non-hydrogen) atoms. The highest BCUT2D eigenvalue weighted by Gasteiger charge is 2.19. The molecule has 1 aromatic rings. The number of hydrogen-bond donors (Lipinski definition) is 1. The van der Waals surface area contributed by atoms with E-state index in [9.17, 15) is 4.79 Å². The third-order valence-electron chi connectivity index (χ3n) is 1.68. The van der Waals surface area contributed by atoms with E-state index in [1.165, 1.54) is 11.3 Å². The maximum atomic E-state index is 11.6. The van der Waals surface area contributed by atoms with Gasteiger partial charge in [-0.05, 0) is 39.8 Å². The molecular weight excluding hydrogens is 246 g/mol. The van der Waals surface area contributed by atoms with Crippen LogP contribution in [-0.2, 0) is 4.74 Å². The minimum absolute atomic E-state index is 0. The summed E-state index contributed by atoms with van der Waals surface area (Å²) in [7, 11) is 0. The van der Waals surface area contributed by atoms with Gasteiger partial charge in [0.25, 0.3) is 0 Å².